The highest BCUT2D eigenvalue weighted by Crippen LogP contribution is 2.36. The second kappa shape index (κ2) is 14.2. The normalized spacial score (nSPS) is 17.3. The maximum atomic E-state index is 12.3. The van der Waals surface area contributed by atoms with Gasteiger partial charge in [0.15, 0.2) is 5.78 Å². The zero-order chi connectivity index (χ0) is 32.8. The van der Waals surface area contributed by atoms with Crippen LogP contribution in [-0.2, 0) is 11.2 Å². The molecule has 6 heterocycles. The van der Waals surface area contributed by atoms with Crippen molar-refractivity contribution in [3.63, 3.8) is 0 Å². The summed E-state index contributed by atoms with van der Waals surface area (Å²) in [7, 11) is 0. The molecule has 8 rings (SSSR count). The molecule has 3 aliphatic rings. The van der Waals surface area contributed by atoms with E-state index in [1.54, 1.807) is 36.9 Å². The lowest BCUT2D eigenvalue weighted by Crippen LogP contribution is -2.27. The lowest BCUT2D eigenvalue weighted by atomic mass is 9.89. The van der Waals surface area contributed by atoms with Crippen molar-refractivity contribution in [2.75, 3.05) is 13.1 Å². The minimum Gasteiger partial charge on any atom is -0.368 e. The van der Waals surface area contributed by atoms with Gasteiger partial charge in [0.2, 0.25) is 0 Å². The molecule has 5 aromatic rings. The van der Waals surface area contributed by atoms with Crippen molar-refractivity contribution in [3.8, 4) is 12.1 Å². The molecule has 13 heteroatoms. The second-order valence-electron chi connectivity index (χ2n) is 11.4. The minimum absolute atomic E-state index is 0.0645. The van der Waals surface area contributed by atoms with E-state index in [4.69, 9.17) is 16.9 Å². The first-order valence-corrected chi connectivity index (χ1v) is 15.8. The Kier molecular flexibility index (Phi) is 9.51. The molecule has 0 spiro atoms. The molecule has 0 aromatic carbocycles. The third-order valence-corrected chi connectivity index (χ3v) is 9.00. The molecule has 1 atom stereocenters. The molecule has 12 nitrogen and oxygen atoms in total. The van der Waals surface area contributed by atoms with Crippen molar-refractivity contribution in [2.45, 2.75) is 50.6 Å². The molecule has 0 radical (unpaired) electrons. The Morgan fingerprint density at radius 3 is 2.26 bits per heavy atom. The number of H-pyrrole nitrogens is 1. The summed E-state index contributed by atoms with van der Waals surface area (Å²) in [6.45, 7) is 1.55. The molecule has 0 amide bonds. The van der Waals surface area contributed by atoms with E-state index in [9.17, 15) is 14.9 Å². The van der Waals surface area contributed by atoms with Crippen molar-refractivity contribution in [2.24, 2.45) is 0 Å². The van der Waals surface area contributed by atoms with Gasteiger partial charge in [-0.15, -0.1) is 0 Å². The van der Waals surface area contributed by atoms with Gasteiger partial charge in [-0.25, -0.2) is 0 Å². The number of hydrogen-bond donors (Lipinski definition) is 1. The molecular formula is C34H31ClN10O2. The first kappa shape index (κ1) is 31.4. The number of rotatable bonds is 3. The molecule has 0 bridgehead atoms. The molecule has 1 saturated carbocycles. The number of nitrogens with zero attached hydrogens (tertiary/aromatic N) is 9. The summed E-state index contributed by atoms with van der Waals surface area (Å²) in [6, 6.07) is 12.3. The van der Waals surface area contributed by atoms with E-state index in [0.717, 1.165) is 36.3 Å². The Labute approximate surface area is 275 Å². The van der Waals surface area contributed by atoms with Gasteiger partial charge in [0, 0.05) is 73.8 Å². The number of carbonyl (C=O) groups is 1. The van der Waals surface area contributed by atoms with Gasteiger partial charge in [0.05, 0.1) is 34.5 Å². The fourth-order valence-corrected chi connectivity index (χ4v) is 6.59. The topological polar surface area (TPSA) is 162 Å². The van der Waals surface area contributed by atoms with Gasteiger partial charge in [0.1, 0.15) is 23.3 Å². The Morgan fingerprint density at radius 2 is 1.57 bits per heavy atom. The second-order valence-corrected chi connectivity index (χ2v) is 11.8. The molecule has 236 valence electrons. The van der Waals surface area contributed by atoms with Gasteiger partial charge >= 0.3 is 0 Å². The molecule has 1 aliphatic heterocycles. The maximum Gasteiger partial charge on any atom is 0.267 e. The van der Waals surface area contributed by atoms with Crippen molar-refractivity contribution in [3.05, 3.63) is 111 Å². The summed E-state index contributed by atoms with van der Waals surface area (Å²) >= 11 is 5.88. The van der Waals surface area contributed by atoms with E-state index in [1.165, 1.54) is 31.9 Å². The molecular weight excluding hydrogens is 616 g/mol. The van der Waals surface area contributed by atoms with Gasteiger partial charge in [0.25, 0.3) is 5.56 Å². The first-order valence-electron chi connectivity index (χ1n) is 15.4. The molecule has 47 heavy (non-hydrogen) atoms. The number of carbonyl (C=O) groups excluding carboxylic acids is 1. The number of ketones is 1. The van der Waals surface area contributed by atoms with Gasteiger partial charge in [-0.1, -0.05) is 24.4 Å². The van der Waals surface area contributed by atoms with E-state index in [1.807, 2.05) is 35.3 Å². The number of likely N-dealkylation sites (tertiary alicyclic amines) is 1. The summed E-state index contributed by atoms with van der Waals surface area (Å²) in [5, 5.41) is 27.5. The maximum absolute atomic E-state index is 12.3. The van der Waals surface area contributed by atoms with Crippen LogP contribution in [0.15, 0.2) is 84.2 Å². The van der Waals surface area contributed by atoms with Crippen molar-refractivity contribution >= 4 is 34.0 Å². The van der Waals surface area contributed by atoms with Crippen LogP contribution in [-0.4, -0.2) is 58.3 Å². The van der Waals surface area contributed by atoms with Crippen molar-refractivity contribution in [1.29, 1.82) is 10.5 Å². The summed E-state index contributed by atoms with van der Waals surface area (Å²) in [6.07, 6.45) is 20.7. The smallest absolute Gasteiger partial charge is 0.267 e. The Hall–Kier alpha value is -5.59. The fraction of sp³-hybridized carbons (Fsp3) is 0.294. The van der Waals surface area contributed by atoms with E-state index in [2.05, 4.69) is 47.0 Å². The summed E-state index contributed by atoms with van der Waals surface area (Å²) in [5.41, 5.74) is 2.86. The SMILES string of the molecule is N#CC1=C(N2CC[C@@H](n3cccn3)C2)c2ccncc2CC1=O.N#Cc1c(Cl)c2ccncc2[nH]c1=O.c1cnn(C2CCCC2)c1. The lowest BCUT2D eigenvalue weighted by Gasteiger charge is -2.28. The molecule has 5 aromatic heterocycles. The van der Waals surface area contributed by atoms with Crippen LogP contribution in [0, 0.1) is 22.7 Å². The van der Waals surface area contributed by atoms with Gasteiger partial charge in [-0.05, 0) is 49.1 Å². The number of hydrogen-bond acceptors (Lipinski definition) is 9. The minimum atomic E-state index is -0.488. The predicted octanol–water partition coefficient (Wildman–Crippen LogP) is 5.03. The quantitative estimate of drug-likeness (QED) is 0.283. The van der Waals surface area contributed by atoms with Crippen LogP contribution in [0.4, 0.5) is 0 Å². The zero-order valence-electron chi connectivity index (χ0n) is 25.5. The average molecular weight is 647 g/mol. The summed E-state index contributed by atoms with van der Waals surface area (Å²) in [5.74, 6) is -0.120. The van der Waals surface area contributed by atoms with Gasteiger partial charge < -0.3 is 9.88 Å². The standard InChI is InChI=1S/C17H15N5O.C9H4ClN3O.C8H12N2/c18-9-15-16(23)8-12-10-19-5-2-14(12)17(15)21-7-3-13(11-21)22-6-1-4-20-22;10-8-5-1-2-12-4-7(5)13-9(14)6(8)3-11;1-2-5-8(4-1)10-7-3-6-9-10/h1-2,4-6,10,13H,3,7-8,11H2;1-2,4H,(H,13,14);3,6-8H,1-2,4-5H2/t13-;;/m1../s1. The van der Waals surface area contributed by atoms with Gasteiger partial charge in [-0.2, -0.15) is 20.7 Å². The van der Waals surface area contributed by atoms with E-state index < -0.39 is 5.56 Å². The average Bonchev–Trinajstić information content (AvgIpc) is 3.93. The van der Waals surface area contributed by atoms with Crippen LogP contribution >= 0.6 is 11.6 Å². The highest BCUT2D eigenvalue weighted by molar-refractivity contribution is 6.36. The van der Waals surface area contributed by atoms with Crippen LogP contribution in [0.2, 0.25) is 5.02 Å². The monoisotopic (exact) mass is 646 g/mol. The number of aromatic nitrogens is 7. The number of Topliss-reactive ketones (excluding diaryl/α,β-unsaturated/α-hetero) is 1. The fourth-order valence-electron chi connectivity index (χ4n) is 6.30. The van der Waals surface area contributed by atoms with Crippen LogP contribution in [0.25, 0.3) is 16.6 Å². The van der Waals surface area contributed by atoms with Crippen molar-refractivity contribution in [1.82, 2.24) is 39.4 Å². The zero-order valence-corrected chi connectivity index (χ0v) is 26.2. The van der Waals surface area contributed by atoms with Gasteiger partial charge in [-0.3, -0.25) is 28.9 Å². The Morgan fingerprint density at radius 1 is 0.872 bits per heavy atom. The Bertz CT molecular complexity index is 2050. The van der Waals surface area contributed by atoms with Crippen LogP contribution in [0.3, 0.4) is 0 Å². The molecule has 0 unspecified atom stereocenters. The molecule has 1 N–H and O–H groups in total. The Balaban J connectivity index is 0.000000136. The largest absolute Gasteiger partial charge is 0.368 e. The van der Waals surface area contributed by atoms with Crippen molar-refractivity contribution < 1.29 is 4.79 Å². The summed E-state index contributed by atoms with van der Waals surface area (Å²) < 4.78 is 4.04. The number of aromatic amines is 1. The number of nitriles is 2. The molecule has 1 saturated heterocycles. The number of fused-ring (bicyclic) bond motifs is 2. The third-order valence-electron chi connectivity index (χ3n) is 8.60. The van der Waals surface area contributed by atoms with Crippen LogP contribution < -0.4 is 5.56 Å². The number of allylic oxidation sites excluding steroid dienone is 1. The first-order chi connectivity index (χ1) is 23.0. The highest BCUT2D eigenvalue weighted by Gasteiger charge is 2.33. The molecule has 2 fully saturated rings. The summed E-state index contributed by atoms with van der Waals surface area (Å²) in [4.78, 5) is 36.2. The van der Waals surface area contributed by atoms with E-state index in [0.29, 0.717) is 16.9 Å². The van der Waals surface area contributed by atoms with E-state index >= 15 is 0 Å². The molecule has 2 aliphatic carbocycles. The third kappa shape index (κ3) is 6.69. The highest BCUT2D eigenvalue weighted by atomic mass is 35.5. The van der Waals surface area contributed by atoms with E-state index in [-0.39, 0.29) is 34.4 Å². The number of pyridine rings is 3. The van der Waals surface area contributed by atoms with Crippen LogP contribution in [0.5, 0.6) is 0 Å². The number of nitrogens with one attached hydrogen (secondary N) is 1. The van der Waals surface area contributed by atoms with Crippen LogP contribution in [0.1, 0.15) is 60.9 Å². The predicted molar refractivity (Wildman–Crippen MR) is 175 cm³/mol. The lowest BCUT2D eigenvalue weighted by molar-refractivity contribution is -0.114. The number of halogens is 1.